The number of rotatable bonds is 6. The van der Waals surface area contributed by atoms with Gasteiger partial charge < -0.3 is 11.1 Å². The minimum absolute atomic E-state index is 0.195. The fraction of sp³-hybridized carbons (Fsp3) is 0.263. The van der Waals surface area contributed by atoms with E-state index in [2.05, 4.69) is 46.2 Å². The largest absolute Gasteiger partial charge is 0.349 e. The standard InChI is InChI=1S/C19H21N5OS/c1-12(2)13-4-6-14(7-5-13)15(20)10-23-18(25)16-11-24-19(26-16)17-21-8-3-9-22-17/h3-9,11-12,15H,10,20H2,1-2H3,(H,23,25). The lowest BCUT2D eigenvalue weighted by atomic mass is 9.99. The molecule has 0 radical (unpaired) electrons. The molecule has 2 aromatic heterocycles. The zero-order valence-corrected chi connectivity index (χ0v) is 15.5. The summed E-state index contributed by atoms with van der Waals surface area (Å²) in [6.45, 7) is 4.66. The number of aromatic nitrogens is 3. The van der Waals surface area contributed by atoms with Crippen molar-refractivity contribution in [2.24, 2.45) is 5.73 Å². The zero-order valence-electron chi connectivity index (χ0n) is 14.7. The maximum Gasteiger partial charge on any atom is 0.263 e. The molecular formula is C19H21N5OS. The van der Waals surface area contributed by atoms with Gasteiger partial charge in [-0.05, 0) is 23.1 Å². The number of nitrogens with zero attached hydrogens (tertiary/aromatic N) is 3. The van der Waals surface area contributed by atoms with Crippen LogP contribution in [-0.2, 0) is 0 Å². The van der Waals surface area contributed by atoms with E-state index in [1.165, 1.54) is 23.1 Å². The summed E-state index contributed by atoms with van der Waals surface area (Å²) in [5, 5.41) is 3.48. The van der Waals surface area contributed by atoms with Crippen molar-refractivity contribution in [2.75, 3.05) is 6.54 Å². The molecule has 2 heterocycles. The van der Waals surface area contributed by atoms with Gasteiger partial charge >= 0.3 is 0 Å². The molecule has 0 spiro atoms. The Balaban J connectivity index is 1.59. The summed E-state index contributed by atoms with van der Waals surface area (Å²) >= 11 is 1.26. The van der Waals surface area contributed by atoms with Crippen LogP contribution in [0.1, 0.15) is 46.6 Å². The van der Waals surface area contributed by atoms with E-state index >= 15 is 0 Å². The number of carbonyl (C=O) groups is 1. The Labute approximate surface area is 156 Å². The second-order valence-electron chi connectivity index (χ2n) is 6.24. The lowest BCUT2D eigenvalue weighted by molar-refractivity contribution is 0.0955. The molecule has 0 saturated heterocycles. The number of amides is 1. The van der Waals surface area contributed by atoms with E-state index in [0.717, 1.165) is 5.56 Å². The number of carbonyl (C=O) groups excluding carboxylic acids is 1. The number of nitrogens with two attached hydrogens (primary N) is 1. The van der Waals surface area contributed by atoms with Gasteiger partial charge in [-0.3, -0.25) is 4.79 Å². The monoisotopic (exact) mass is 367 g/mol. The summed E-state index contributed by atoms with van der Waals surface area (Å²) in [7, 11) is 0. The van der Waals surface area contributed by atoms with E-state index in [1.807, 2.05) is 12.1 Å². The molecule has 3 N–H and O–H groups in total. The molecule has 0 saturated carbocycles. The van der Waals surface area contributed by atoms with Gasteiger partial charge in [0.15, 0.2) is 10.8 Å². The van der Waals surface area contributed by atoms with E-state index in [0.29, 0.717) is 28.2 Å². The molecule has 0 aliphatic carbocycles. The van der Waals surface area contributed by atoms with Gasteiger partial charge in [0.2, 0.25) is 0 Å². The predicted octanol–water partition coefficient (Wildman–Crippen LogP) is 3.15. The van der Waals surface area contributed by atoms with Crippen LogP contribution in [-0.4, -0.2) is 27.4 Å². The molecule has 3 rings (SSSR count). The molecule has 0 aliphatic rings. The number of benzene rings is 1. The third kappa shape index (κ3) is 4.30. The summed E-state index contributed by atoms with van der Waals surface area (Å²) < 4.78 is 0. The van der Waals surface area contributed by atoms with E-state index < -0.39 is 0 Å². The lowest BCUT2D eigenvalue weighted by Crippen LogP contribution is -2.31. The highest BCUT2D eigenvalue weighted by molar-refractivity contribution is 7.16. The summed E-state index contributed by atoms with van der Waals surface area (Å²) in [6.07, 6.45) is 4.83. The molecule has 1 aromatic carbocycles. The van der Waals surface area contributed by atoms with Gasteiger partial charge in [0.05, 0.1) is 6.20 Å². The van der Waals surface area contributed by atoms with E-state index in [-0.39, 0.29) is 11.9 Å². The fourth-order valence-corrected chi connectivity index (χ4v) is 3.21. The van der Waals surface area contributed by atoms with E-state index in [1.54, 1.807) is 18.5 Å². The SMILES string of the molecule is CC(C)c1ccc(C(N)CNC(=O)c2cnc(-c3ncccn3)s2)cc1. The molecule has 0 aliphatic heterocycles. The minimum atomic E-state index is -0.259. The number of hydrogen-bond donors (Lipinski definition) is 2. The average molecular weight is 367 g/mol. The van der Waals surface area contributed by atoms with Crippen molar-refractivity contribution in [3.8, 4) is 10.8 Å². The van der Waals surface area contributed by atoms with Crippen LogP contribution in [0.4, 0.5) is 0 Å². The molecule has 3 aromatic rings. The highest BCUT2D eigenvalue weighted by Gasteiger charge is 2.14. The Morgan fingerprint density at radius 2 is 1.77 bits per heavy atom. The van der Waals surface area contributed by atoms with Crippen molar-refractivity contribution in [3.63, 3.8) is 0 Å². The third-order valence-electron chi connectivity index (χ3n) is 4.00. The van der Waals surface area contributed by atoms with Crippen LogP contribution < -0.4 is 11.1 Å². The van der Waals surface area contributed by atoms with Gasteiger partial charge in [0, 0.05) is 25.0 Å². The van der Waals surface area contributed by atoms with Crippen LogP contribution in [0.3, 0.4) is 0 Å². The van der Waals surface area contributed by atoms with Crippen molar-refractivity contribution >= 4 is 17.2 Å². The topological polar surface area (TPSA) is 93.8 Å². The number of thiazole rings is 1. The van der Waals surface area contributed by atoms with Crippen molar-refractivity contribution in [3.05, 3.63) is 64.9 Å². The summed E-state index contributed by atoms with van der Waals surface area (Å²) in [4.78, 5) is 25.3. The fourth-order valence-electron chi connectivity index (χ4n) is 2.43. The Morgan fingerprint density at radius 1 is 1.12 bits per heavy atom. The molecule has 1 atom stereocenters. The molecule has 0 bridgehead atoms. The molecule has 0 fully saturated rings. The highest BCUT2D eigenvalue weighted by Crippen LogP contribution is 2.22. The molecule has 134 valence electrons. The van der Waals surface area contributed by atoms with Crippen molar-refractivity contribution in [1.82, 2.24) is 20.3 Å². The van der Waals surface area contributed by atoms with Crippen LogP contribution in [0.2, 0.25) is 0 Å². The Morgan fingerprint density at radius 3 is 2.42 bits per heavy atom. The first-order valence-corrected chi connectivity index (χ1v) is 9.23. The maximum atomic E-state index is 12.3. The molecule has 1 amide bonds. The first kappa shape index (κ1) is 18.2. The lowest BCUT2D eigenvalue weighted by Gasteiger charge is -2.14. The van der Waals surface area contributed by atoms with Crippen LogP contribution in [0, 0.1) is 0 Å². The minimum Gasteiger partial charge on any atom is -0.349 e. The van der Waals surface area contributed by atoms with Crippen LogP contribution in [0.15, 0.2) is 48.9 Å². The zero-order chi connectivity index (χ0) is 18.5. The Kier molecular flexibility index (Phi) is 5.70. The van der Waals surface area contributed by atoms with Crippen LogP contribution >= 0.6 is 11.3 Å². The van der Waals surface area contributed by atoms with Gasteiger partial charge in [-0.25, -0.2) is 15.0 Å². The first-order chi connectivity index (χ1) is 12.5. The van der Waals surface area contributed by atoms with Gasteiger partial charge in [0.25, 0.3) is 5.91 Å². The summed E-state index contributed by atoms with van der Waals surface area (Å²) in [5.41, 5.74) is 8.46. The normalized spacial score (nSPS) is 12.2. The quantitative estimate of drug-likeness (QED) is 0.698. The van der Waals surface area contributed by atoms with Crippen molar-refractivity contribution < 1.29 is 4.79 Å². The highest BCUT2D eigenvalue weighted by atomic mass is 32.1. The Bertz CT molecular complexity index is 861. The number of hydrogen-bond acceptors (Lipinski definition) is 6. The summed E-state index contributed by atoms with van der Waals surface area (Å²) in [5.74, 6) is 0.798. The number of nitrogens with one attached hydrogen (secondary N) is 1. The van der Waals surface area contributed by atoms with Gasteiger partial charge in [-0.15, -0.1) is 11.3 Å². The van der Waals surface area contributed by atoms with Crippen LogP contribution in [0.25, 0.3) is 10.8 Å². The van der Waals surface area contributed by atoms with Crippen LogP contribution in [0.5, 0.6) is 0 Å². The molecule has 6 nitrogen and oxygen atoms in total. The molecular weight excluding hydrogens is 346 g/mol. The smallest absolute Gasteiger partial charge is 0.263 e. The average Bonchev–Trinajstić information content (AvgIpc) is 3.17. The molecule has 26 heavy (non-hydrogen) atoms. The maximum absolute atomic E-state index is 12.3. The second kappa shape index (κ2) is 8.16. The van der Waals surface area contributed by atoms with E-state index in [4.69, 9.17) is 5.73 Å². The Hall–Kier alpha value is -2.64. The molecule has 1 unspecified atom stereocenters. The van der Waals surface area contributed by atoms with Gasteiger partial charge in [-0.2, -0.15) is 0 Å². The van der Waals surface area contributed by atoms with Gasteiger partial charge in [0.1, 0.15) is 4.88 Å². The predicted molar refractivity (Wildman–Crippen MR) is 103 cm³/mol. The molecule has 7 heteroatoms. The summed E-state index contributed by atoms with van der Waals surface area (Å²) in [6, 6.07) is 9.67. The first-order valence-electron chi connectivity index (χ1n) is 8.41. The van der Waals surface area contributed by atoms with E-state index in [9.17, 15) is 4.79 Å². The van der Waals surface area contributed by atoms with Gasteiger partial charge in [-0.1, -0.05) is 38.1 Å². The third-order valence-corrected chi connectivity index (χ3v) is 4.99. The van der Waals surface area contributed by atoms with Crippen molar-refractivity contribution in [2.45, 2.75) is 25.8 Å². The van der Waals surface area contributed by atoms with Crippen molar-refractivity contribution in [1.29, 1.82) is 0 Å². The second-order valence-corrected chi connectivity index (χ2v) is 7.27.